The molecule has 1 fully saturated rings. The average Bonchev–Trinajstić information content (AvgIpc) is 3.07. The summed E-state index contributed by atoms with van der Waals surface area (Å²) >= 11 is 0. The first-order chi connectivity index (χ1) is 13.5. The first kappa shape index (κ1) is 18.5. The molecule has 1 aliphatic heterocycles. The van der Waals surface area contributed by atoms with Crippen LogP contribution in [0.25, 0.3) is 11.2 Å². The van der Waals surface area contributed by atoms with Crippen molar-refractivity contribution in [3.63, 3.8) is 0 Å². The van der Waals surface area contributed by atoms with Crippen LogP contribution < -0.4 is 16.1 Å². The van der Waals surface area contributed by atoms with Crippen molar-refractivity contribution < 1.29 is 5.11 Å². The zero-order chi connectivity index (χ0) is 19.8. The van der Waals surface area contributed by atoms with Gasteiger partial charge in [0.05, 0.1) is 12.6 Å². The van der Waals surface area contributed by atoms with Gasteiger partial charge >= 0.3 is 5.69 Å². The highest BCUT2D eigenvalue weighted by Gasteiger charge is 2.25. The maximum Gasteiger partial charge on any atom is 0.329 e. The summed E-state index contributed by atoms with van der Waals surface area (Å²) in [7, 11) is 3.65. The topological polar surface area (TPSA) is 99.4 Å². The van der Waals surface area contributed by atoms with Crippen molar-refractivity contribution in [1.29, 1.82) is 0 Å². The molecule has 148 valence electrons. The Balaban J connectivity index is 1.84. The molecule has 4 rings (SSSR count). The van der Waals surface area contributed by atoms with Crippen molar-refractivity contribution in [1.82, 2.24) is 24.0 Å². The van der Waals surface area contributed by atoms with Gasteiger partial charge in [0.2, 0.25) is 5.95 Å². The minimum atomic E-state index is -0.804. The van der Waals surface area contributed by atoms with Crippen LogP contribution in [0.1, 0.15) is 11.7 Å². The van der Waals surface area contributed by atoms with Crippen molar-refractivity contribution in [3.8, 4) is 0 Å². The first-order valence-corrected chi connectivity index (χ1v) is 9.31. The Morgan fingerprint density at radius 1 is 1.11 bits per heavy atom. The number of nitrogens with zero attached hydrogens (tertiary/aromatic N) is 5. The van der Waals surface area contributed by atoms with Gasteiger partial charge in [-0.1, -0.05) is 30.3 Å². The van der Waals surface area contributed by atoms with E-state index < -0.39 is 17.4 Å². The number of nitrogens with one attached hydrogen (secondary N) is 1. The van der Waals surface area contributed by atoms with Crippen LogP contribution in [0, 0.1) is 0 Å². The Bertz CT molecular complexity index is 1090. The molecule has 0 bridgehead atoms. The van der Waals surface area contributed by atoms with Crippen LogP contribution >= 0.6 is 0 Å². The SMILES string of the molecule is CN1CCN(c2nc3c(c(=O)[nH]c(=O)n3C)n2C[C@@H](O)c2ccccc2)CC1. The standard InChI is InChI=1S/C19H24N6O3/c1-22-8-10-24(11-9-22)18-20-16-15(17(27)21-19(28)23(16)2)25(18)12-14(26)13-6-4-3-5-7-13/h3-7,14,26H,8-12H2,1-2H3,(H,21,27,28)/t14-/m1/s1. The van der Waals surface area contributed by atoms with Crippen LogP contribution in [0.15, 0.2) is 39.9 Å². The molecule has 0 aliphatic carbocycles. The van der Waals surface area contributed by atoms with Crippen LogP contribution in [0.5, 0.6) is 0 Å². The van der Waals surface area contributed by atoms with E-state index in [9.17, 15) is 14.7 Å². The lowest BCUT2D eigenvalue weighted by molar-refractivity contribution is 0.158. The van der Waals surface area contributed by atoms with Crippen molar-refractivity contribution in [2.24, 2.45) is 7.05 Å². The Kier molecular flexibility index (Phi) is 4.78. The Morgan fingerprint density at radius 3 is 2.46 bits per heavy atom. The quantitative estimate of drug-likeness (QED) is 0.652. The molecular weight excluding hydrogens is 360 g/mol. The minimum absolute atomic E-state index is 0.170. The molecule has 2 N–H and O–H groups in total. The second-order valence-electron chi connectivity index (χ2n) is 7.23. The fourth-order valence-electron chi connectivity index (χ4n) is 3.60. The summed E-state index contributed by atoms with van der Waals surface area (Å²) in [4.78, 5) is 35.9. The van der Waals surface area contributed by atoms with E-state index in [0.717, 1.165) is 31.7 Å². The predicted octanol–water partition coefficient (Wildman–Crippen LogP) is -0.0913. The van der Waals surface area contributed by atoms with Gasteiger partial charge < -0.3 is 19.5 Å². The van der Waals surface area contributed by atoms with Gasteiger partial charge in [-0.3, -0.25) is 14.3 Å². The number of aliphatic hydroxyl groups excluding tert-OH is 1. The molecule has 2 aromatic heterocycles. The lowest BCUT2D eigenvalue weighted by Gasteiger charge is -2.33. The van der Waals surface area contributed by atoms with Crippen LogP contribution in [0.2, 0.25) is 0 Å². The van der Waals surface area contributed by atoms with Gasteiger partial charge in [-0.2, -0.15) is 4.98 Å². The van der Waals surface area contributed by atoms with Crippen LogP contribution in [-0.4, -0.2) is 62.3 Å². The number of piperazine rings is 1. The lowest BCUT2D eigenvalue weighted by Crippen LogP contribution is -2.45. The van der Waals surface area contributed by atoms with Crippen molar-refractivity contribution >= 4 is 17.1 Å². The molecule has 0 radical (unpaired) electrons. The minimum Gasteiger partial charge on any atom is -0.387 e. The number of aromatic amines is 1. The molecule has 1 saturated heterocycles. The zero-order valence-corrected chi connectivity index (χ0v) is 16.0. The number of hydrogen-bond acceptors (Lipinski definition) is 6. The molecule has 0 saturated carbocycles. The van der Waals surface area contributed by atoms with E-state index >= 15 is 0 Å². The van der Waals surface area contributed by atoms with Gasteiger partial charge in [0.25, 0.3) is 5.56 Å². The fraction of sp³-hybridized carbons (Fsp3) is 0.421. The third-order valence-corrected chi connectivity index (χ3v) is 5.31. The van der Waals surface area contributed by atoms with Gasteiger partial charge in [0.15, 0.2) is 11.2 Å². The molecule has 9 heteroatoms. The first-order valence-electron chi connectivity index (χ1n) is 9.31. The van der Waals surface area contributed by atoms with Gasteiger partial charge in [-0.15, -0.1) is 0 Å². The van der Waals surface area contributed by atoms with E-state index in [4.69, 9.17) is 0 Å². The molecule has 0 spiro atoms. The van der Waals surface area contributed by atoms with Gasteiger partial charge in [0, 0.05) is 33.2 Å². The summed E-state index contributed by atoms with van der Waals surface area (Å²) in [6.45, 7) is 3.43. The summed E-state index contributed by atoms with van der Waals surface area (Å²) in [5.74, 6) is 0.602. The number of hydrogen-bond donors (Lipinski definition) is 2. The number of fused-ring (bicyclic) bond motifs is 1. The molecule has 0 amide bonds. The average molecular weight is 384 g/mol. The number of benzene rings is 1. The molecule has 3 aromatic rings. The summed E-state index contributed by atoms with van der Waals surface area (Å²) in [6.07, 6.45) is -0.804. The van der Waals surface area contributed by atoms with Gasteiger partial charge in [-0.25, -0.2) is 4.79 Å². The number of anilines is 1. The third-order valence-electron chi connectivity index (χ3n) is 5.31. The molecule has 1 aromatic carbocycles. The van der Waals surface area contributed by atoms with E-state index in [1.165, 1.54) is 4.57 Å². The smallest absolute Gasteiger partial charge is 0.329 e. The van der Waals surface area contributed by atoms with E-state index in [-0.39, 0.29) is 6.54 Å². The number of aryl methyl sites for hydroxylation is 1. The highest BCUT2D eigenvalue weighted by atomic mass is 16.3. The fourth-order valence-corrected chi connectivity index (χ4v) is 3.60. The summed E-state index contributed by atoms with van der Waals surface area (Å²) < 4.78 is 3.07. The van der Waals surface area contributed by atoms with E-state index in [2.05, 4.69) is 26.8 Å². The third kappa shape index (κ3) is 3.23. The Morgan fingerprint density at radius 2 is 1.79 bits per heavy atom. The molecule has 3 heterocycles. The van der Waals surface area contributed by atoms with Crippen LogP contribution in [0.4, 0.5) is 5.95 Å². The summed E-state index contributed by atoms with van der Waals surface area (Å²) in [6, 6.07) is 9.31. The van der Waals surface area contributed by atoms with Gasteiger partial charge in [-0.05, 0) is 12.6 Å². The molecule has 1 atom stereocenters. The van der Waals surface area contributed by atoms with E-state index in [0.29, 0.717) is 17.1 Å². The molecule has 1 aliphatic rings. The number of likely N-dealkylation sites (N-methyl/N-ethyl adjacent to an activating group) is 1. The van der Waals surface area contributed by atoms with Crippen LogP contribution in [-0.2, 0) is 13.6 Å². The number of rotatable bonds is 4. The highest BCUT2D eigenvalue weighted by Crippen LogP contribution is 2.24. The molecule has 9 nitrogen and oxygen atoms in total. The molecule has 0 unspecified atom stereocenters. The maximum atomic E-state index is 12.6. The molecule has 28 heavy (non-hydrogen) atoms. The Hall–Kier alpha value is -2.91. The van der Waals surface area contributed by atoms with Gasteiger partial charge in [0.1, 0.15) is 0 Å². The normalized spacial score (nSPS) is 16.6. The monoisotopic (exact) mass is 384 g/mol. The van der Waals surface area contributed by atoms with Crippen LogP contribution in [0.3, 0.4) is 0 Å². The molecular formula is C19H24N6O3. The number of aromatic nitrogens is 4. The maximum absolute atomic E-state index is 12.6. The lowest BCUT2D eigenvalue weighted by atomic mass is 10.1. The second-order valence-corrected chi connectivity index (χ2v) is 7.23. The van der Waals surface area contributed by atoms with E-state index in [1.807, 2.05) is 30.3 Å². The number of H-pyrrole nitrogens is 1. The summed E-state index contributed by atoms with van der Waals surface area (Å²) in [5, 5.41) is 10.8. The van der Waals surface area contributed by atoms with Crippen molar-refractivity contribution in [3.05, 3.63) is 56.7 Å². The predicted molar refractivity (Wildman–Crippen MR) is 107 cm³/mol. The highest BCUT2D eigenvalue weighted by molar-refractivity contribution is 5.74. The van der Waals surface area contributed by atoms with E-state index in [1.54, 1.807) is 11.6 Å². The number of imidazole rings is 1. The summed E-state index contributed by atoms with van der Waals surface area (Å²) in [5.41, 5.74) is 0.380. The van der Waals surface area contributed by atoms with Crippen molar-refractivity contribution in [2.45, 2.75) is 12.6 Å². The van der Waals surface area contributed by atoms with Crippen molar-refractivity contribution in [2.75, 3.05) is 38.1 Å². The number of aliphatic hydroxyl groups is 1. The Labute approximate surface area is 161 Å². The largest absolute Gasteiger partial charge is 0.387 e. The zero-order valence-electron chi connectivity index (χ0n) is 16.0. The second kappa shape index (κ2) is 7.25.